The van der Waals surface area contributed by atoms with E-state index in [2.05, 4.69) is 4.98 Å². The number of aliphatic hydroxyl groups is 1. The third-order valence-corrected chi connectivity index (χ3v) is 3.06. The van der Waals surface area contributed by atoms with Gasteiger partial charge in [0.1, 0.15) is 6.26 Å². The van der Waals surface area contributed by atoms with Crippen LogP contribution in [0.2, 0.25) is 0 Å². The minimum Gasteiger partial charge on any atom is -0.440 e. The Bertz CT molecular complexity index is 441. The molecule has 2 aromatic rings. The van der Waals surface area contributed by atoms with Crippen molar-refractivity contribution in [2.75, 3.05) is 5.75 Å². The molecule has 0 aliphatic heterocycles. The monoisotopic (exact) mass is 235 g/mol. The lowest BCUT2D eigenvalue weighted by molar-refractivity contribution is 0.203. The van der Waals surface area contributed by atoms with Gasteiger partial charge >= 0.3 is 0 Å². The van der Waals surface area contributed by atoms with Gasteiger partial charge in [-0.25, -0.2) is 4.98 Å². The first-order valence-corrected chi connectivity index (χ1v) is 6.02. The number of thioether (sulfide) groups is 1. The van der Waals surface area contributed by atoms with Gasteiger partial charge < -0.3 is 9.52 Å². The molecule has 0 saturated carbocycles. The van der Waals surface area contributed by atoms with Gasteiger partial charge in [-0.15, -0.1) is 0 Å². The Kier molecular flexibility index (Phi) is 3.64. The third kappa shape index (κ3) is 2.87. The minimum atomic E-state index is -0.488. The van der Waals surface area contributed by atoms with Gasteiger partial charge in [0.05, 0.1) is 11.8 Å². The first-order chi connectivity index (χ1) is 7.75. The highest BCUT2D eigenvalue weighted by molar-refractivity contribution is 7.99. The van der Waals surface area contributed by atoms with E-state index in [1.165, 1.54) is 11.8 Å². The van der Waals surface area contributed by atoms with E-state index in [0.717, 1.165) is 11.3 Å². The second kappa shape index (κ2) is 5.18. The Labute approximate surface area is 98.5 Å². The summed E-state index contributed by atoms with van der Waals surface area (Å²) in [4.78, 5) is 4.16. The van der Waals surface area contributed by atoms with Crippen LogP contribution in [0.1, 0.15) is 17.4 Å². The molecule has 3 nitrogen and oxygen atoms in total. The van der Waals surface area contributed by atoms with Crippen LogP contribution in [0.5, 0.6) is 0 Å². The van der Waals surface area contributed by atoms with Crippen LogP contribution in [-0.2, 0) is 0 Å². The van der Waals surface area contributed by atoms with Crippen molar-refractivity contribution < 1.29 is 9.52 Å². The van der Waals surface area contributed by atoms with Gasteiger partial charge in [-0.2, -0.15) is 0 Å². The summed E-state index contributed by atoms with van der Waals surface area (Å²) in [5.41, 5.74) is 1.77. The fourth-order valence-corrected chi connectivity index (χ4v) is 2.14. The van der Waals surface area contributed by atoms with Gasteiger partial charge in [-0.3, -0.25) is 0 Å². The van der Waals surface area contributed by atoms with Crippen LogP contribution < -0.4 is 0 Å². The van der Waals surface area contributed by atoms with E-state index in [4.69, 9.17) is 4.42 Å². The van der Waals surface area contributed by atoms with Crippen LogP contribution in [0.4, 0.5) is 0 Å². The fourth-order valence-electron chi connectivity index (χ4n) is 1.32. The highest BCUT2D eigenvalue weighted by Crippen LogP contribution is 2.23. The molecule has 1 heterocycles. The van der Waals surface area contributed by atoms with Crippen molar-refractivity contribution in [1.82, 2.24) is 4.98 Å². The van der Waals surface area contributed by atoms with Crippen molar-refractivity contribution in [1.29, 1.82) is 0 Å². The van der Waals surface area contributed by atoms with Crippen LogP contribution in [0.25, 0.3) is 0 Å². The molecule has 0 aliphatic carbocycles. The van der Waals surface area contributed by atoms with Gasteiger partial charge in [0.25, 0.3) is 5.22 Å². The summed E-state index contributed by atoms with van der Waals surface area (Å²) in [5.74, 6) is 0.546. The maximum atomic E-state index is 9.90. The van der Waals surface area contributed by atoms with Gasteiger partial charge in [0.2, 0.25) is 0 Å². The lowest BCUT2D eigenvalue weighted by Gasteiger charge is -2.08. The maximum absolute atomic E-state index is 9.90. The molecule has 4 heteroatoms. The van der Waals surface area contributed by atoms with Crippen LogP contribution >= 0.6 is 11.8 Å². The second-order valence-electron chi connectivity index (χ2n) is 3.49. The van der Waals surface area contributed by atoms with Crippen LogP contribution in [0, 0.1) is 6.92 Å². The van der Waals surface area contributed by atoms with E-state index in [0.29, 0.717) is 11.0 Å². The summed E-state index contributed by atoms with van der Waals surface area (Å²) < 4.78 is 5.19. The topological polar surface area (TPSA) is 46.3 Å². The Morgan fingerprint density at radius 2 is 2.12 bits per heavy atom. The Hall–Kier alpha value is -1.26. The molecule has 1 atom stereocenters. The number of hydrogen-bond acceptors (Lipinski definition) is 4. The predicted octanol–water partition coefficient (Wildman–Crippen LogP) is 2.81. The highest BCUT2D eigenvalue weighted by Gasteiger charge is 2.09. The number of aryl methyl sites for hydroxylation is 1. The molecule has 0 fully saturated rings. The summed E-state index contributed by atoms with van der Waals surface area (Å²) in [5, 5.41) is 10.5. The summed E-state index contributed by atoms with van der Waals surface area (Å²) in [6.07, 6.45) is 1.12. The summed E-state index contributed by atoms with van der Waals surface area (Å²) in [6.45, 7) is 1.88. The Balaban J connectivity index is 1.91. The van der Waals surface area contributed by atoms with Gasteiger partial charge in [-0.05, 0) is 12.5 Å². The van der Waals surface area contributed by atoms with Crippen molar-refractivity contribution in [3.05, 3.63) is 47.9 Å². The molecule has 1 aromatic carbocycles. The number of aromatic nitrogens is 1. The number of aliphatic hydroxyl groups excluding tert-OH is 1. The molecule has 0 bridgehead atoms. The average Bonchev–Trinajstić information content (AvgIpc) is 2.73. The van der Waals surface area contributed by atoms with Crippen molar-refractivity contribution in [2.45, 2.75) is 18.3 Å². The summed E-state index contributed by atoms with van der Waals surface area (Å²) in [7, 11) is 0. The zero-order valence-electron chi connectivity index (χ0n) is 8.96. The molecule has 2 rings (SSSR count). The van der Waals surface area contributed by atoms with Crippen molar-refractivity contribution >= 4 is 11.8 Å². The largest absolute Gasteiger partial charge is 0.440 e. The SMILES string of the molecule is Cc1coc(SCC(O)c2ccccc2)n1. The van der Waals surface area contributed by atoms with Gasteiger partial charge in [0, 0.05) is 5.75 Å². The number of rotatable bonds is 4. The molecular formula is C12H13NO2S. The first-order valence-electron chi connectivity index (χ1n) is 5.03. The molecule has 1 aromatic heterocycles. The molecule has 1 unspecified atom stereocenters. The maximum Gasteiger partial charge on any atom is 0.255 e. The number of hydrogen-bond donors (Lipinski definition) is 1. The molecule has 0 spiro atoms. The molecule has 0 radical (unpaired) electrons. The third-order valence-electron chi connectivity index (χ3n) is 2.15. The van der Waals surface area contributed by atoms with E-state index in [1.54, 1.807) is 6.26 Å². The zero-order chi connectivity index (χ0) is 11.4. The molecule has 0 amide bonds. The smallest absolute Gasteiger partial charge is 0.255 e. The predicted molar refractivity (Wildman–Crippen MR) is 63.4 cm³/mol. The summed E-state index contributed by atoms with van der Waals surface area (Å²) in [6, 6.07) is 9.58. The second-order valence-corrected chi connectivity index (χ2v) is 4.46. The molecule has 0 saturated heterocycles. The number of nitrogens with zero attached hydrogens (tertiary/aromatic N) is 1. The lowest BCUT2D eigenvalue weighted by atomic mass is 10.1. The van der Waals surface area contributed by atoms with Crippen molar-refractivity contribution in [3.8, 4) is 0 Å². The molecular weight excluding hydrogens is 222 g/mol. The number of oxazole rings is 1. The summed E-state index contributed by atoms with van der Waals surface area (Å²) >= 11 is 1.42. The molecule has 1 N–H and O–H groups in total. The van der Waals surface area contributed by atoms with Crippen LogP contribution in [0.3, 0.4) is 0 Å². The molecule has 0 aliphatic rings. The van der Waals surface area contributed by atoms with Crippen LogP contribution in [-0.4, -0.2) is 15.8 Å². The van der Waals surface area contributed by atoms with E-state index in [1.807, 2.05) is 37.3 Å². The van der Waals surface area contributed by atoms with E-state index in [-0.39, 0.29) is 0 Å². The lowest BCUT2D eigenvalue weighted by Crippen LogP contribution is -1.99. The van der Waals surface area contributed by atoms with Gasteiger partial charge in [0.15, 0.2) is 0 Å². The zero-order valence-corrected chi connectivity index (χ0v) is 9.78. The minimum absolute atomic E-state index is 0.488. The fraction of sp³-hybridized carbons (Fsp3) is 0.250. The quantitative estimate of drug-likeness (QED) is 0.828. The Morgan fingerprint density at radius 3 is 2.75 bits per heavy atom. The van der Waals surface area contributed by atoms with Crippen LogP contribution in [0.15, 0.2) is 46.2 Å². The average molecular weight is 235 g/mol. The van der Waals surface area contributed by atoms with Crippen molar-refractivity contribution in [3.63, 3.8) is 0 Å². The van der Waals surface area contributed by atoms with Gasteiger partial charge in [-0.1, -0.05) is 42.1 Å². The van der Waals surface area contributed by atoms with E-state index in [9.17, 15) is 5.11 Å². The van der Waals surface area contributed by atoms with E-state index < -0.39 is 6.10 Å². The van der Waals surface area contributed by atoms with Crippen molar-refractivity contribution in [2.24, 2.45) is 0 Å². The Morgan fingerprint density at radius 1 is 1.38 bits per heavy atom. The first kappa shape index (κ1) is 11.2. The molecule has 16 heavy (non-hydrogen) atoms. The van der Waals surface area contributed by atoms with E-state index >= 15 is 0 Å². The highest BCUT2D eigenvalue weighted by atomic mass is 32.2. The molecule has 84 valence electrons. The number of benzene rings is 1. The standard InChI is InChI=1S/C12H13NO2S/c1-9-7-15-12(13-9)16-8-11(14)10-5-3-2-4-6-10/h2-7,11,14H,8H2,1H3. The normalized spacial score (nSPS) is 12.6.